The highest BCUT2D eigenvalue weighted by molar-refractivity contribution is 5.92. The molecule has 0 bridgehead atoms. The highest BCUT2D eigenvalue weighted by Crippen LogP contribution is 2.29. The van der Waals surface area contributed by atoms with Crippen LogP contribution >= 0.6 is 0 Å². The maximum Gasteiger partial charge on any atom is 0.395 e. The summed E-state index contributed by atoms with van der Waals surface area (Å²) in [5.74, 6) is -0.622. The number of carbonyl (C=O) groups is 1. The fourth-order valence-electron chi connectivity index (χ4n) is 3.07. The Bertz CT molecular complexity index is 1350. The molecule has 1 heterocycles. The van der Waals surface area contributed by atoms with Crippen LogP contribution in [0, 0.1) is 24.0 Å². The minimum atomic E-state index is -1.07. The molecular weight excluding hydrogens is 456 g/mol. The summed E-state index contributed by atoms with van der Waals surface area (Å²) in [6, 6.07) is 10.6. The molecule has 182 valence electrons. The summed E-state index contributed by atoms with van der Waals surface area (Å²) in [4.78, 5) is 39.7. The number of aryl methyl sites for hydroxylation is 2. The van der Waals surface area contributed by atoms with Gasteiger partial charge in [-0.05, 0) is 67.8 Å². The van der Waals surface area contributed by atoms with Crippen molar-refractivity contribution in [3.63, 3.8) is 0 Å². The van der Waals surface area contributed by atoms with E-state index in [1.165, 1.54) is 6.08 Å². The number of amides is 1. The van der Waals surface area contributed by atoms with Crippen LogP contribution in [0.15, 0.2) is 41.2 Å². The van der Waals surface area contributed by atoms with E-state index >= 15 is 0 Å². The number of aromatic nitrogens is 2. The third-order valence-electron chi connectivity index (χ3n) is 4.93. The summed E-state index contributed by atoms with van der Waals surface area (Å²) < 4.78 is 11.3. The van der Waals surface area contributed by atoms with E-state index in [1.807, 2.05) is 32.0 Å². The Labute approximate surface area is 200 Å². The highest BCUT2D eigenvalue weighted by atomic mass is 16.6. The molecule has 0 saturated carbocycles. The molecule has 0 aliphatic rings. The number of aromatic hydroxyl groups is 1. The summed E-state index contributed by atoms with van der Waals surface area (Å²) >= 11 is 0. The van der Waals surface area contributed by atoms with Gasteiger partial charge in [-0.3, -0.25) is 19.7 Å². The van der Waals surface area contributed by atoms with Gasteiger partial charge in [0.2, 0.25) is 0 Å². The minimum Gasteiger partial charge on any atom is -0.490 e. The van der Waals surface area contributed by atoms with Crippen molar-refractivity contribution < 1.29 is 24.3 Å². The third kappa shape index (κ3) is 6.44. The summed E-state index contributed by atoms with van der Waals surface area (Å²) in [6.45, 7) is 5.87. The second kappa shape index (κ2) is 11.0. The van der Waals surface area contributed by atoms with Gasteiger partial charge in [0, 0.05) is 5.69 Å². The molecule has 0 spiro atoms. The number of benzene rings is 2. The zero-order valence-corrected chi connectivity index (χ0v) is 19.3. The molecule has 35 heavy (non-hydrogen) atoms. The quantitative estimate of drug-likeness (QED) is 0.310. The van der Waals surface area contributed by atoms with Crippen LogP contribution in [-0.4, -0.2) is 39.1 Å². The zero-order valence-electron chi connectivity index (χ0n) is 19.3. The molecule has 11 nitrogen and oxygen atoms in total. The lowest BCUT2D eigenvalue weighted by molar-refractivity contribution is -0.387. The second-order valence-corrected chi connectivity index (χ2v) is 7.49. The van der Waals surface area contributed by atoms with Crippen LogP contribution in [0.1, 0.15) is 29.4 Å². The number of anilines is 1. The number of ether oxygens (including phenoxy) is 2. The van der Waals surface area contributed by atoms with Crippen LogP contribution in [0.2, 0.25) is 0 Å². The number of aromatic amines is 1. The van der Waals surface area contributed by atoms with E-state index in [2.05, 4.69) is 15.3 Å². The standard InChI is InChI=1S/C24H24N4O7/c1-4-34-19-12-16(7-10-20-26-23(30)22(28(32)33)24(31)27-20)6-9-18(19)35-13-21(29)25-17-8-5-14(2)15(3)11-17/h5-12H,4,13H2,1-3H3,(H,25,29)(H2,26,27,30,31)/b10-7-. The molecule has 1 aromatic heterocycles. The van der Waals surface area contributed by atoms with E-state index in [4.69, 9.17) is 9.47 Å². The number of nitrogens with one attached hydrogen (secondary N) is 2. The van der Waals surface area contributed by atoms with Gasteiger partial charge in [0.05, 0.1) is 11.5 Å². The maximum atomic E-state index is 12.3. The zero-order chi connectivity index (χ0) is 25.5. The fraction of sp³-hybridized carbons (Fsp3) is 0.208. The molecule has 2 aromatic carbocycles. The SMILES string of the molecule is CCOc1cc(/C=C\c2nc(O)c([N+](=O)[O-])c(=O)[nH]2)ccc1OCC(=O)Nc1ccc(C)c(C)c1. The van der Waals surface area contributed by atoms with Gasteiger partial charge in [0.15, 0.2) is 18.1 Å². The van der Waals surface area contributed by atoms with E-state index in [9.17, 15) is 24.8 Å². The van der Waals surface area contributed by atoms with Crippen molar-refractivity contribution in [1.29, 1.82) is 0 Å². The summed E-state index contributed by atoms with van der Waals surface area (Å²) in [5.41, 5.74) is 1.40. The number of nitrogens with zero attached hydrogens (tertiary/aromatic N) is 2. The molecule has 11 heteroatoms. The first-order valence-corrected chi connectivity index (χ1v) is 10.6. The van der Waals surface area contributed by atoms with Crippen LogP contribution in [0.4, 0.5) is 11.4 Å². The Balaban J connectivity index is 1.71. The maximum absolute atomic E-state index is 12.3. The topological polar surface area (TPSA) is 157 Å². The fourth-order valence-corrected chi connectivity index (χ4v) is 3.07. The van der Waals surface area contributed by atoms with Gasteiger partial charge < -0.3 is 24.9 Å². The predicted molar refractivity (Wildman–Crippen MR) is 130 cm³/mol. The first-order chi connectivity index (χ1) is 16.7. The molecule has 3 aromatic rings. The van der Waals surface area contributed by atoms with Crippen molar-refractivity contribution in [2.24, 2.45) is 0 Å². The van der Waals surface area contributed by atoms with Crippen LogP contribution in [0.25, 0.3) is 12.2 Å². The van der Waals surface area contributed by atoms with E-state index in [1.54, 1.807) is 31.2 Å². The molecular formula is C24H24N4O7. The average molecular weight is 480 g/mol. The van der Waals surface area contributed by atoms with Crippen LogP contribution < -0.4 is 20.3 Å². The average Bonchev–Trinajstić information content (AvgIpc) is 2.79. The van der Waals surface area contributed by atoms with Crippen molar-refractivity contribution in [3.05, 3.63) is 79.4 Å². The molecule has 0 aliphatic carbocycles. The van der Waals surface area contributed by atoms with Crippen molar-refractivity contribution in [2.75, 3.05) is 18.5 Å². The molecule has 0 unspecified atom stereocenters. The van der Waals surface area contributed by atoms with Crippen LogP contribution in [0.5, 0.6) is 17.4 Å². The van der Waals surface area contributed by atoms with Crippen LogP contribution in [0.3, 0.4) is 0 Å². The molecule has 1 amide bonds. The number of hydrogen-bond donors (Lipinski definition) is 3. The van der Waals surface area contributed by atoms with Gasteiger partial charge in [-0.25, -0.2) is 0 Å². The van der Waals surface area contributed by atoms with Gasteiger partial charge >= 0.3 is 11.2 Å². The Morgan fingerprint density at radius 1 is 1.14 bits per heavy atom. The van der Waals surface area contributed by atoms with Crippen molar-refractivity contribution >= 4 is 29.4 Å². The molecule has 3 N–H and O–H groups in total. The van der Waals surface area contributed by atoms with Gasteiger partial charge in [-0.1, -0.05) is 18.2 Å². The summed E-state index contributed by atoms with van der Waals surface area (Å²) in [6.07, 6.45) is 2.93. The molecule has 0 atom stereocenters. The molecule has 0 aliphatic heterocycles. The number of carbonyl (C=O) groups excluding carboxylic acids is 1. The lowest BCUT2D eigenvalue weighted by Crippen LogP contribution is -2.20. The van der Waals surface area contributed by atoms with Gasteiger partial charge in [0.1, 0.15) is 5.82 Å². The van der Waals surface area contributed by atoms with Crippen molar-refractivity contribution in [1.82, 2.24) is 9.97 Å². The monoisotopic (exact) mass is 480 g/mol. The van der Waals surface area contributed by atoms with Crippen molar-refractivity contribution in [3.8, 4) is 17.4 Å². The molecule has 0 radical (unpaired) electrons. The lowest BCUT2D eigenvalue weighted by Gasteiger charge is -2.13. The Morgan fingerprint density at radius 2 is 1.91 bits per heavy atom. The van der Waals surface area contributed by atoms with E-state index < -0.39 is 22.0 Å². The van der Waals surface area contributed by atoms with Crippen molar-refractivity contribution in [2.45, 2.75) is 20.8 Å². The summed E-state index contributed by atoms with van der Waals surface area (Å²) in [5, 5.41) is 23.2. The van der Waals surface area contributed by atoms with Crippen LogP contribution in [-0.2, 0) is 4.79 Å². The Hall–Kier alpha value is -4.67. The Kier molecular flexibility index (Phi) is 7.82. The van der Waals surface area contributed by atoms with E-state index in [0.29, 0.717) is 29.4 Å². The van der Waals surface area contributed by atoms with Gasteiger partial charge in [-0.2, -0.15) is 4.98 Å². The highest BCUT2D eigenvalue weighted by Gasteiger charge is 2.21. The molecule has 3 rings (SSSR count). The van der Waals surface area contributed by atoms with Gasteiger partial charge in [0.25, 0.3) is 11.8 Å². The van der Waals surface area contributed by atoms with E-state index in [0.717, 1.165) is 11.1 Å². The number of rotatable bonds is 9. The van der Waals surface area contributed by atoms with E-state index in [-0.39, 0.29) is 18.3 Å². The smallest absolute Gasteiger partial charge is 0.395 e. The molecule has 0 saturated heterocycles. The number of hydrogen-bond acceptors (Lipinski definition) is 8. The summed E-state index contributed by atoms with van der Waals surface area (Å²) in [7, 11) is 0. The number of nitro groups is 1. The largest absolute Gasteiger partial charge is 0.490 e. The first kappa shape index (κ1) is 25.0. The Morgan fingerprint density at radius 3 is 2.57 bits per heavy atom. The first-order valence-electron chi connectivity index (χ1n) is 10.6. The second-order valence-electron chi connectivity index (χ2n) is 7.49. The molecule has 0 fully saturated rings. The minimum absolute atomic E-state index is 0.0700. The lowest BCUT2D eigenvalue weighted by atomic mass is 10.1. The third-order valence-corrected chi connectivity index (χ3v) is 4.93. The number of H-pyrrole nitrogens is 1. The van der Waals surface area contributed by atoms with Gasteiger partial charge in [-0.15, -0.1) is 0 Å². The normalized spacial score (nSPS) is 10.8. The predicted octanol–water partition coefficient (Wildman–Crippen LogP) is 3.59.